The predicted octanol–water partition coefficient (Wildman–Crippen LogP) is 1.72. The lowest BCUT2D eigenvalue weighted by atomic mass is 10.2. The van der Waals surface area contributed by atoms with Gasteiger partial charge >= 0.3 is 0 Å². The number of nitrogens with zero attached hydrogens (tertiary/aromatic N) is 2. The van der Waals surface area contributed by atoms with Crippen molar-refractivity contribution in [1.82, 2.24) is 9.78 Å². The molecule has 17 heavy (non-hydrogen) atoms. The van der Waals surface area contributed by atoms with Crippen molar-refractivity contribution in [3.63, 3.8) is 0 Å². The zero-order valence-corrected chi connectivity index (χ0v) is 11.9. The van der Waals surface area contributed by atoms with E-state index in [0.29, 0.717) is 19.8 Å². The standard InChI is InChI=1S/C11H20BrN3O2/c1-3-5-17-8-10(13)11-9(12)7-14-15(11)4-6-16-2/h7,10H,3-6,8,13H2,1-2H3. The van der Waals surface area contributed by atoms with Crippen LogP contribution in [-0.4, -0.2) is 36.7 Å². The number of aromatic nitrogens is 2. The summed E-state index contributed by atoms with van der Waals surface area (Å²) in [5.74, 6) is 0. The van der Waals surface area contributed by atoms with Crippen LogP contribution >= 0.6 is 15.9 Å². The maximum absolute atomic E-state index is 6.10. The van der Waals surface area contributed by atoms with Crippen molar-refractivity contribution in [3.8, 4) is 0 Å². The largest absolute Gasteiger partial charge is 0.383 e. The highest BCUT2D eigenvalue weighted by molar-refractivity contribution is 9.10. The molecule has 1 atom stereocenters. The summed E-state index contributed by atoms with van der Waals surface area (Å²) in [6.07, 6.45) is 2.75. The molecule has 0 saturated heterocycles. The van der Waals surface area contributed by atoms with Crippen LogP contribution in [0.4, 0.5) is 0 Å². The van der Waals surface area contributed by atoms with Gasteiger partial charge in [-0.1, -0.05) is 6.92 Å². The van der Waals surface area contributed by atoms with Crippen LogP contribution < -0.4 is 5.73 Å². The molecular weight excluding hydrogens is 286 g/mol. The van der Waals surface area contributed by atoms with Crippen molar-refractivity contribution in [3.05, 3.63) is 16.4 Å². The summed E-state index contributed by atoms with van der Waals surface area (Å²) < 4.78 is 13.3. The normalized spacial score (nSPS) is 12.9. The minimum absolute atomic E-state index is 0.171. The van der Waals surface area contributed by atoms with Gasteiger partial charge in [0, 0.05) is 13.7 Å². The summed E-state index contributed by atoms with van der Waals surface area (Å²) in [5, 5.41) is 4.26. The van der Waals surface area contributed by atoms with Crippen LogP contribution in [0, 0.1) is 0 Å². The first-order chi connectivity index (χ1) is 8.20. The van der Waals surface area contributed by atoms with Gasteiger partial charge in [-0.2, -0.15) is 5.10 Å². The van der Waals surface area contributed by atoms with Gasteiger partial charge in [-0.05, 0) is 22.4 Å². The molecule has 0 amide bonds. The molecule has 2 N–H and O–H groups in total. The fraction of sp³-hybridized carbons (Fsp3) is 0.727. The molecule has 0 radical (unpaired) electrons. The molecule has 6 heteroatoms. The van der Waals surface area contributed by atoms with Crippen LogP contribution in [0.25, 0.3) is 0 Å². The summed E-state index contributed by atoms with van der Waals surface area (Å²) in [6, 6.07) is -0.171. The third kappa shape index (κ3) is 4.39. The van der Waals surface area contributed by atoms with Gasteiger partial charge in [0.1, 0.15) is 0 Å². The SMILES string of the molecule is CCCOCC(N)c1c(Br)cnn1CCOC. The van der Waals surface area contributed by atoms with Gasteiger partial charge in [0.05, 0.1) is 42.2 Å². The number of nitrogens with two attached hydrogens (primary N) is 1. The highest BCUT2D eigenvalue weighted by atomic mass is 79.9. The molecule has 0 aliphatic rings. The van der Waals surface area contributed by atoms with Crippen LogP contribution in [0.1, 0.15) is 25.1 Å². The molecule has 1 aromatic rings. The van der Waals surface area contributed by atoms with Crippen molar-refractivity contribution < 1.29 is 9.47 Å². The van der Waals surface area contributed by atoms with Crippen LogP contribution in [0.3, 0.4) is 0 Å². The van der Waals surface area contributed by atoms with Crippen molar-refractivity contribution in [1.29, 1.82) is 0 Å². The molecule has 0 aliphatic heterocycles. The van der Waals surface area contributed by atoms with E-state index < -0.39 is 0 Å². The van der Waals surface area contributed by atoms with Gasteiger partial charge in [0.15, 0.2) is 0 Å². The molecule has 1 rings (SSSR count). The monoisotopic (exact) mass is 305 g/mol. The Morgan fingerprint density at radius 2 is 2.29 bits per heavy atom. The van der Waals surface area contributed by atoms with E-state index in [9.17, 15) is 0 Å². The minimum Gasteiger partial charge on any atom is -0.383 e. The highest BCUT2D eigenvalue weighted by Gasteiger charge is 2.16. The van der Waals surface area contributed by atoms with E-state index in [-0.39, 0.29) is 6.04 Å². The number of methoxy groups -OCH3 is 1. The van der Waals surface area contributed by atoms with Crippen LogP contribution in [0.5, 0.6) is 0 Å². The maximum Gasteiger partial charge on any atom is 0.0718 e. The Balaban J connectivity index is 2.63. The smallest absolute Gasteiger partial charge is 0.0718 e. The Labute approximate surface area is 110 Å². The summed E-state index contributed by atoms with van der Waals surface area (Å²) >= 11 is 3.46. The fourth-order valence-corrected chi connectivity index (χ4v) is 2.12. The second kappa shape index (κ2) is 7.81. The topological polar surface area (TPSA) is 62.3 Å². The Morgan fingerprint density at radius 1 is 1.53 bits per heavy atom. The molecular formula is C11H20BrN3O2. The Kier molecular flexibility index (Phi) is 6.72. The van der Waals surface area contributed by atoms with E-state index >= 15 is 0 Å². The van der Waals surface area contributed by atoms with Gasteiger partial charge in [0.25, 0.3) is 0 Å². The first-order valence-corrected chi connectivity index (χ1v) is 6.53. The second-order valence-electron chi connectivity index (χ2n) is 3.78. The summed E-state index contributed by atoms with van der Waals surface area (Å²) in [5.41, 5.74) is 7.05. The average Bonchev–Trinajstić information content (AvgIpc) is 2.68. The van der Waals surface area contributed by atoms with Gasteiger partial charge in [0.2, 0.25) is 0 Å². The Bertz CT molecular complexity index is 331. The van der Waals surface area contributed by atoms with E-state index in [1.807, 2.05) is 4.68 Å². The zero-order valence-electron chi connectivity index (χ0n) is 10.4. The molecule has 1 heterocycles. The molecule has 1 unspecified atom stereocenters. The summed E-state index contributed by atoms with van der Waals surface area (Å²) in [7, 11) is 1.67. The second-order valence-corrected chi connectivity index (χ2v) is 4.63. The van der Waals surface area contributed by atoms with Crippen LogP contribution in [0.15, 0.2) is 10.7 Å². The maximum atomic E-state index is 6.10. The molecule has 0 spiro atoms. The van der Waals surface area contributed by atoms with E-state index in [1.54, 1.807) is 13.3 Å². The summed E-state index contributed by atoms with van der Waals surface area (Å²) in [6.45, 7) is 4.62. The van der Waals surface area contributed by atoms with E-state index in [2.05, 4.69) is 28.0 Å². The van der Waals surface area contributed by atoms with E-state index in [0.717, 1.165) is 23.2 Å². The molecule has 0 fully saturated rings. The molecule has 0 saturated carbocycles. The van der Waals surface area contributed by atoms with Crippen LogP contribution in [0.2, 0.25) is 0 Å². The third-order valence-electron chi connectivity index (χ3n) is 2.34. The Morgan fingerprint density at radius 3 is 2.94 bits per heavy atom. The van der Waals surface area contributed by atoms with Gasteiger partial charge in [-0.15, -0.1) is 0 Å². The van der Waals surface area contributed by atoms with E-state index in [1.165, 1.54) is 0 Å². The lowest BCUT2D eigenvalue weighted by Gasteiger charge is -2.15. The predicted molar refractivity (Wildman–Crippen MR) is 69.8 cm³/mol. The van der Waals surface area contributed by atoms with Gasteiger partial charge < -0.3 is 15.2 Å². The van der Waals surface area contributed by atoms with E-state index in [4.69, 9.17) is 15.2 Å². The minimum atomic E-state index is -0.171. The zero-order chi connectivity index (χ0) is 12.7. The Hall–Kier alpha value is -0.430. The van der Waals surface area contributed by atoms with Gasteiger partial charge in [-0.25, -0.2) is 0 Å². The third-order valence-corrected chi connectivity index (χ3v) is 2.95. The molecule has 0 aliphatic carbocycles. The van der Waals surface area contributed by atoms with Gasteiger partial charge in [-0.3, -0.25) is 4.68 Å². The van der Waals surface area contributed by atoms with Crippen molar-refractivity contribution in [2.45, 2.75) is 25.9 Å². The molecule has 1 aromatic heterocycles. The van der Waals surface area contributed by atoms with Crippen molar-refractivity contribution >= 4 is 15.9 Å². The molecule has 98 valence electrons. The van der Waals surface area contributed by atoms with Crippen molar-refractivity contribution in [2.24, 2.45) is 5.73 Å². The van der Waals surface area contributed by atoms with Crippen LogP contribution in [-0.2, 0) is 16.0 Å². The average molecular weight is 306 g/mol. The lowest BCUT2D eigenvalue weighted by Crippen LogP contribution is -2.23. The first-order valence-electron chi connectivity index (χ1n) is 5.74. The molecule has 0 bridgehead atoms. The number of rotatable bonds is 8. The summed E-state index contributed by atoms with van der Waals surface area (Å²) in [4.78, 5) is 0. The quantitative estimate of drug-likeness (QED) is 0.743. The lowest BCUT2D eigenvalue weighted by molar-refractivity contribution is 0.118. The number of hydrogen-bond acceptors (Lipinski definition) is 4. The fourth-order valence-electron chi connectivity index (χ4n) is 1.53. The van der Waals surface area contributed by atoms with Crippen molar-refractivity contribution in [2.75, 3.05) is 26.9 Å². The highest BCUT2D eigenvalue weighted by Crippen LogP contribution is 2.22. The molecule has 5 nitrogen and oxygen atoms in total. The molecule has 0 aromatic carbocycles. The number of halogens is 1. The number of hydrogen-bond donors (Lipinski definition) is 1. The first kappa shape index (κ1) is 14.6. The number of ether oxygens (including phenoxy) is 2.